The Labute approximate surface area is 177 Å². The van der Waals surface area contributed by atoms with Crippen LogP contribution in [0.3, 0.4) is 0 Å². The van der Waals surface area contributed by atoms with E-state index in [1.165, 1.54) is 0 Å². The predicted molar refractivity (Wildman–Crippen MR) is 115 cm³/mol. The summed E-state index contributed by atoms with van der Waals surface area (Å²) in [6, 6.07) is 16.1. The normalized spacial score (nSPS) is 11.8. The summed E-state index contributed by atoms with van der Waals surface area (Å²) in [6.07, 6.45) is -0.679. The van der Waals surface area contributed by atoms with Crippen molar-refractivity contribution in [3.05, 3.63) is 60.2 Å². The maximum Gasteiger partial charge on any atom is 0.407 e. The van der Waals surface area contributed by atoms with Crippen LogP contribution in [-0.2, 0) is 14.3 Å². The van der Waals surface area contributed by atoms with Gasteiger partial charge in [-0.2, -0.15) is 0 Å². The smallest absolute Gasteiger partial charge is 0.407 e. The average molecular weight is 411 g/mol. The van der Waals surface area contributed by atoms with Crippen LogP contribution in [0.2, 0.25) is 0 Å². The van der Waals surface area contributed by atoms with Crippen molar-refractivity contribution >= 4 is 17.8 Å². The minimum atomic E-state index is -0.891. The fourth-order valence-electron chi connectivity index (χ4n) is 2.70. The van der Waals surface area contributed by atoms with E-state index < -0.39 is 24.7 Å². The second-order valence-corrected chi connectivity index (χ2v) is 7.83. The number of carbonyl (C=O) groups excluding carboxylic acids is 3. The van der Waals surface area contributed by atoms with Crippen molar-refractivity contribution in [3.8, 4) is 11.1 Å². The molecule has 6 heteroatoms. The van der Waals surface area contributed by atoms with Gasteiger partial charge in [-0.1, -0.05) is 82.3 Å². The summed E-state index contributed by atoms with van der Waals surface area (Å²) in [7, 11) is 0. The topological polar surface area (TPSA) is 81.7 Å². The number of hydrogen-bond acceptors (Lipinski definition) is 5. The lowest BCUT2D eigenvalue weighted by atomic mass is 10.0. The fraction of sp³-hybridized carbons (Fsp3) is 0.375. The molecule has 2 aromatic carbocycles. The van der Waals surface area contributed by atoms with Crippen molar-refractivity contribution in [1.29, 1.82) is 0 Å². The first-order valence-corrected chi connectivity index (χ1v) is 10.1. The molecule has 160 valence electrons. The molecule has 0 saturated heterocycles. The van der Waals surface area contributed by atoms with Gasteiger partial charge in [-0.3, -0.25) is 4.79 Å². The zero-order chi connectivity index (χ0) is 22.1. The highest BCUT2D eigenvalue weighted by Gasteiger charge is 2.27. The van der Waals surface area contributed by atoms with Gasteiger partial charge in [-0.25, -0.2) is 9.59 Å². The lowest BCUT2D eigenvalue weighted by Crippen LogP contribution is -2.46. The summed E-state index contributed by atoms with van der Waals surface area (Å²) in [4.78, 5) is 36.7. The Morgan fingerprint density at radius 3 is 2.00 bits per heavy atom. The lowest BCUT2D eigenvalue weighted by Gasteiger charge is -2.20. The number of ether oxygens (including phenoxy) is 2. The Morgan fingerprint density at radius 2 is 1.43 bits per heavy atom. The number of alkyl carbamates (subject to hydrolysis) is 1. The number of benzene rings is 2. The molecule has 1 amide bonds. The predicted octanol–water partition coefficient (Wildman–Crippen LogP) is 4.49. The summed E-state index contributed by atoms with van der Waals surface area (Å²) in [5.74, 6) is -1.01. The van der Waals surface area contributed by atoms with Crippen molar-refractivity contribution in [1.82, 2.24) is 5.32 Å². The first-order valence-electron chi connectivity index (χ1n) is 10.1. The zero-order valence-electron chi connectivity index (χ0n) is 17.9. The van der Waals surface area contributed by atoms with Gasteiger partial charge >= 0.3 is 12.1 Å². The molecule has 1 atom stereocenters. The van der Waals surface area contributed by atoms with Gasteiger partial charge in [0.15, 0.2) is 12.4 Å². The Kier molecular flexibility index (Phi) is 8.59. The number of amides is 1. The Morgan fingerprint density at radius 1 is 0.833 bits per heavy atom. The quantitative estimate of drug-likeness (QED) is 0.486. The van der Waals surface area contributed by atoms with E-state index in [0.717, 1.165) is 11.1 Å². The van der Waals surface area contributed by atoms with E-state index in [2.05, 4.69) is 5.32 Å². The first-order chi connectivity index (χ1) is 14.3. The SMILES string of the molecule is CC(C)COC(=O)NC(C(=O)OCC(=O)c1ccc(-c2ccccc2)cc1)C(C)C. The van der Waals surface area contributed by atoms with Crippen LogP contribution >= 0.6 is 0 Å². The van der Waals surface area contributed by atoms with E-state index in [9.17, 15) is 14.4 Å². The van der Waals surface area contributed by atoms with Crippen molar-refractivity contribution in [2.24, 2.45) is 11.8 Å². The summed E-state index contributed by atoms with van der Waals surface area (Å²) >= 11 is 0. The molecule has 2 rings (SSSR count). The fourth-order valence-corrected chi connectivity index (χ4v) is 2.70. The minimum Gasteiger partial charge on any atom is -0.456 e. The number of carbonyl (C=O) groups is 3. The number of hydrogen-bond donors (Lipinski definition) is 1. The van der Waals surface area contributed by atoms with Crippen molar-refractivity contribution in [2.45, 2.75) is 33.7 Å². The van der Waals surface area contributed by atoms with Gasteiger partial charge in [0.05, 0.1) is 6.61 Å². The van der Waals surface area contributed by atoms with Gasteiger partial charge in [0.25, 0.3) is 0 Å². The average Bonchev–Trinajstić information content (AvgIpc) is 2.74. The molecule has 0 bridgehead atoms. The summed E-state index contributed by atoms with van der Waals surface area (Å²) in [5, 5.41) is 2.51. The van der Waals surface area contributed by atoms with Gasteiger partial charge in [0, 0.05) is 5.56 Å². The molecule has 0 radical (unpaired) electrons. The second-order valence-electron chi connectivity index (χ2n) is 7.83. The molecule has 0 heterocycles. The number of rotatable bonds is 9. The summed E-state index contributed by atoms with van der Waals surface area (Å²) in [6.45, 7) is 7.25. The van der Waals surface area contributed by atoms with E-state index in [1.54, 1.807) is 26.0 Å². The largest absolute Gasteiger partial charge is 0.456 e. The maximum absolute atomic E-state index is 12.4. The van der Waals surface area contributed by atoms with E-state index in [0.29, 0.717) is 5.56 Å². The molecule has 0 fully saturated rings. The van der Waals surface area contributed by atoms with Gasteiger partial charge in [-0.15, -0.1) is 0 Å². The molecule has 6 nitrogen and oxygen atoms in total. The van der Waals surface area contributed by atoms with Crippen LogP contribution in [0, 0.1) is 11.8 Å². The monoisotopic (exact) mass is 411 g/mol. The van der Waals surface area contributed by atoms with Crippen LogP contribution in [0.4, 0.5) is 4.79 Å². The molecule has 0 aliphatic carbocycles. The van der Waals surface area contributed by atoms with Gasteiger partial charge in [0.2, 0.25) is 0 Å². The zero-order valence-corrected chi connectivity index (χ0v) is 17.9. The minimum absolute atomic E-state index is 0.186. The van der Waals surface area contributed by atoms with E-state index in [4.69, 9.17) is 9.47 Å². The molecular weight excluding hydrogens is 382 g/mol. The van der Waals surface area contributed by atoms with Crippen LogP contribution in [-0.4, -0.2) is 37.1 Å². The first kappa shape index (κ1) is 23.1. The highest BCUT2D eigenvalue weighted by Crippen LogP contribution is 2.19. The van der Waals surface area contributed by atoms with Crippen molar-refractivity contribution in [3.63, 3.8) is 0 Å². The molecule has 0 spiro atoms. The third kappa shape index (κ3) is 7.03. The molecule has 0 aliphatic heterocycles. The molecule has 30 heavy (non-hydrogen) atoms. The van der Waals surface area contributed by atoms with Crippen LogP contribution in [0.1, 0.15) is 38.1 Å². The third-order valence-electron chi connectivity index (χ3n) is 4.40. The number of ketones is 1. The van der Waals surface area contributed by atoms with E-state index in [-0.39, 0.29) is 24.2 Å². The lowest BCUT2D eigenvalue weighted by molar-refractivity contribution is -0.146. The van der Waals surface area contributed by atoms with Crippen molar-refractivity contribution in [2.75, 3.05) is 13.2 Å². The van der Waals surface area contributed by atoms with Crippen LogP contribution in [0.25, 0.3) is 11.1 Å². The van der Waals surface area contributed by atoms with E-state index >= 15 is 0 Å². The summed E-state index contributed by atoms with van der Waals surface area (Å²) in [5.41, 5.74) is 2.50. The third-order valence-corrected chi connectivity index (χ3v) is 4.40. The number of esters is 1. The Bertz CT molecular complexity index is 844. The Hall–Kier alpha value is -3.15. The molecule has 0 saturated carbocycles. The molecule has 2 aromatic rings. The standard InChI is InChI=1S/C24H29NO5/c1-16(2)14-30-24(28)25-22(17(3)4)23(27)29-15-21(26)20-12-10-19(11-13-20)18-8-6-5-7-9-18/h5-13,16-17,22H,14-15H2,1-4H3,(H,25,28). The van der Waals surface area contributed by atoms with Gasteiger partial charge in [0.1, 0.15) is 6.04 Å². The highest BCUT2D eigenvalue weighted by atomic mass is 16.6. The van der Waals surface area contributed by atoms with Gasteiger partial charge in [-0.05, 0) is 23.0 Å². The molecular formula is C24H29NO5. The van der Waals surface area contributed by atoms with E-state index in [1.807, 2.05) is 56.3 Å². The highest BCUT2D eigenvalue weighted by molar-refractivity contribution is 5.98. The molecule has 1 N–H and O–H groups in total. The molecule has 0 aromatic heterocycles. The maximum atomic E-state index is 12.4. The number of nitrogens with one attached hydrogen (secondary N) is 1. The molecule has 1 unspecified atom stereocenters. The second kappa shape index (κ2) is 11.1. The van der Waals surface area contributed by atoms with Crippen molar-refractivity contribution < 1.29 is 23.9 Å². The van der Waals surface area contributed by atoms with Crippen LogP contribution < -0.4 is 5.32 Å². The van der Waals surface area contributed by atoms with Crippen LogP contribution in [0.15, 0.2) is 54.6 Å². The Balaban J connectivity index is 1.91. The van der Waals surface area contributed by atoms with Crippen LogP contribution in [0.5, 0.6) is 0 Å². The van der Waals surface area contributed by atoms with Gasteiger partial charge < -0.3 is 14.8 Å². The molecule has 0 aliphatic rings. The number of Topliss-reactive ketones (excluding diaryl/α,β-unsaturated/α-hetero) is 1. The summed E-state index contributed by atoms with van der Waals surface area (Å²) < 4.78 is 10.2.